The lowest BCUT2D eigenvalue weighted by Crippen LogP contribution is -2.35. The maximum atomic E-state index is 11.8. The van der Waals surface area contributed by atoms with Crippen LogP contribution < -0.4 is 5.32 Å². The number of hydrogen-bond acceptors (Lipinski definition) is 3. The number of carbonyl (C=O) groups is 1. The Morgan fingerprint density at radius 3 is 2.64 bits per heavy atom. The highest BCUT2D eigenvalue weighted by atomic mass is 16.4. The van der Waals surface area contributed by atoms with Gasteiger partial charge in [-0.25, -0.2) is 4.98 Å². The number of aryl methyl sites for hydroxylation is 1. The van der Waals surface area contributed by atoms with Crippen LogP contribution in [-0.4, -0.2) is 16.9 Å². The Morgan fingerprint density at radius 1 is 1.23 bits per heavy atom. The molecule has 1 N–H and O–H groups in total. The lowest BCUT2D eigenvalue weighted by Gasteiger charge is -2.17. The summed E-state index contributed by atoms with van der Waals surface area (Å²) in [7, 11) is 0. The van der Waals surface area contributed by atoms with Gasteiger partial charge in [-0.3, -0.25) is 4.79 Å². The topological polar surface area (TPSA) is 55.1 Å². The van der Waals surface area contributed by atoms with E-state index in [0.717, 1.165) is 17.7 Å². The molecule has 1 heterocycles. The molecule has 4 nitrogen and oxygen atoms in total. The Morgan fingerprint density at radius 2 is 1.95 bits per heavy atom. The molecule has 1 amide bonds. The molecule has 0 bridgehead atoms. The molecule has 2 rings (SSSR count). The third-order valence-electron chi connectivity index (χ3n) is 3.80. The molecule has 22 heavy (non-hydrogen) atoms. The van der Waals surface area contributed by atoms with Crippen molar-refractivity contribution in [2.75, 3.05) is 0 Å². The van der Waals surface area contributed by atoms with E-state index in [-0.39, 0.29) is 11.9 Å². The minimum absolute atomic E-state index is 0.0936. The van der Waals surface area contributed by atoms with Crippen molar-refractivity contribution in [3.63, 3.8) is 0 Å². The number of nitrogens with one attached hydrogen (secondary N) is 1. The molecule has 0 radical (unpaired) electrons. The van der Waals surface area contributed by atoms with Crippen molar-refractivity contribution in [3.8, 4) is 11.3 Å². The SMILES string of the molecule is CC(C)C(C)NC(=O)CCCc1ncc(-c2ccccc2)o1. The smallest absolute Gasteiger partial charge is 0.220 e. The first-order valence-corrected chi connectivity index (χ1v) is 7.85. The molecule has 0 aliphatic rings. The second kappa shape index (κ2) is 7.78. The number of oxazole rings is 1. The van der Waals surface area contributed by atoms with E-state index in [4.69, 9.17) is 4.42 Å². The molecule has 0 saturated heterocycles. The minimum atomic E-state index is 0.0936. The molecule has 0 spiro atoms. The molecule has 0 aliphatic heterocycles. The first-order valence-electron chi connectivity index (χ1n) is 7.85. The third-order valence-corrected chi connectivity index (χ3v) is 3.80. The summed E-state index contributed by atoms with van der Waals surface area (Å²) in [4.78, 5) is 16.1. The van der Waals surface area contributed by atoms with Crippen LogP contribution in [0.4, 0.5) is 0 Å². The Bertz CT molecular complexity index is 590. The predicted molar refractivity (Wildman–Crippen MR) is 87.3 cm³/mol. The van der Waals surface area contributed by atoms with Crippen molar-refractivity contribution in [1.29, 1.82) is 0 Å². The fourth-order valence-electron chi connectivity index (χ4n) is 2.05. The number of benzene rings is 1. The fraction of sp³-hybridized carbons (Fsp3) is 0.444. The zero-order valence-electron chi connectivity index (χ0n) is 13.5. The summed E-state index contributed by atoms with van der Waals surface area (Å²) < 4.78 is 5.73. The van der Waals surface area contributed by atoms with Crippen LogP contribution in [-0.2, 0) is 11.2 Å². The zero-order chi connectivity index (χ0) is 15.9. The number of hydrogen-bond donors (Lipinski definition) is 1. The van der Waals surface area contributed by atoms with Crippen LogP contribution in [0.3, 0.4) is 0 Å². The van der Waals surface area contributed by atoms with Crippen LogP contribution in [0.2, 0.25) is 0 Å². The highest BCUT2D eigenvalue weighted by molar-refractivity contribution is 5.76. The van der Waals surface area contributed by atoms with Gasteiger partial charge in [0.05, 0.1) is 6.20 Å². The molecule has 1 atom stereocenters. The van der Waals surface area contributed by atoms with E-state index < -0.39 is 0 Å². The quantitative estimate of drug-likeness (QED) is 0.845. The maximum Gasteiger partial charge on any atom is 0.220 e. The van der Waals surface area contributed by atoms with Gasteiger partial charge in [0.25, 0.3) is 0 Å². The van der Waals surface area contributed by atoms with Gasteiger partial charge in [0, 0.05) is 24.4 Å². The molecule has 0 aliphatic carbocycles. The van der Waals surface area contributed by atoms with E-state index >= 15 is 0 Å². The summed E-state index contributed by atoms with van der Waals surface area (Å²) >= 11 is 0. The number of aromatic nitrogens is 1. The second-order valence-electron chi connectivity index (χ2n) is 5.94. The van der Waals surface area contributed by atoms with Gasteiger partial charge >= 0.3 is 0 Å². The van der Waals surface area contributed by atoms with Gasteiger partial charge in [0.1, 0.15) is 0 Å². The van der Waals surface area contributed by atoms with Crippen LogP contribution in [0.25, 0.3) is 11.3 Å². The first kappa shape index (κ1) is 16.3. The van der Waals surface area contributed by atoms with E-state index in [1.165, 1.54) is 0 Å². The number of nitrogens with zero attached hydrogens (tertiary/aromatic N) is 1. The summed E-state index contributed by atoms with van der Waals surface area (Å²) in [6, 6.07) is 10.1. The maximum absolute atomic E-state index is 11.8. The van der Waals surface area contributed by atoms with Crippen molar-refractivity contribution in [2.45, 2.75) is 46.1 Å². The summed E-state index contributed by atoms with van der Waals surface area (Å²) in [6.45, 7) is 6.23. The summed E-state index contributed by atoms with van der Waals surface area (Å²) in [6.07, 6.45) is 3.66. The standard InChI is InChI=1S/C18H24N2O2/c1-13(2)14(3)20-17(21)10-7-11-18-19-12-16(22-18)15-8-5-4-6-9-15/h4-6,8-9,12-14H,7,10-11H2,1-3H3,(H,20,21). The number of amides is 1. The van der Waals surface area contributed by atoms with Crippen molar-refractivity contribution in [1.82, 2.24) is 10.3 Å². The van der Waals surface area contributed by atoms with Gasteiger partial charge in [-0.15, -0.1) is 0 Å². The van der Waals surface area contributed by atoms with Gasteiger partial charge in [0.2, 0.25) is 5.91 Å². The van der Waals surface area contributed by atoms with E-state index in [9.17, 15) is 4.79 Å². The fourth-order valence-corrected chi connectivity index (χ4v) is 2.05. The molecular weight excluding hydrogens is 276 g/mol. The Kier molecular flexibility index (Phi) is 5.75. The van der Waals surface area contributed by atoms with Crippen LogP contribution in [0.1, 0.15) is 39.5 Å². The summed E-state index contributed by atoms with van der Waals surface area (Å²) in [5.41, 5.74) is 1.02. The monoisotopic (exact) mass is 300 g/mol. The molecular formula is C18H24N2O2. The van der Waals surface area contributed by atoms with Crippen LogP contribution in [0, 0.1) is 5.92 Å². The van der Waals surface area contributed by atoms with E-state index in [1.807, 2.05) is 37.3 Å². The number of rotatable bonds is 7. The Labute approximate surface area is 131 Å². The van der Waals surface area contributed by atoms with Gasteiger partial charge in [-0.2, -0.15) is 0 Å². The normalized spacial score (nSPS) is 12.4. The molecule has 2 aromatic rings. The molecule has 1 aromatic carbocycles. The van der Waals surface area contributed by atoms with E-state index in [2.05, 4.69) is 24.1 Å². The van der Waals surface area contributed by atoms with Crippen molar-refractivity contribution in [2.24, 2.45) is 5.92 Å². The molecule has 118 valence electrons. The average Bonchev–Trinajstić information content (AvgIpc) is 2.97. The molecule has 4 heteroatoms. The largest absolute Gasteiger partial charge is 0.441 e. The van der Waals surface area contributed by atoms with Crippen LogP contribution in [0.5, 0.6) is 0 Å². The van der Waals surface area contributed by atoms with E-state index in [1.54, 1.807) is 6.20 Å². The van der Waals surface area contributed by atoms with Crippen LogP contribution >= 0.6 is 0 Å². The van der Waals surface area contributed by atoms with Gasteiger partial charge in [-0.05, 0) is 19.3 Å². The molecule has 0 fully saturated rings. The molecule has 0 saturated carbocycles. The summed E-state index contributed by atoms with van der Waals surface area (Å²) in [5, 5.41) is 3.01. The molecule has 1 unspecified atom stereocenters. The summed E-state index contributed by atoms with van der Waals surface area (Å²) in [5.74, 6) is 2.00. The first-order chi connectivity index (χ1) is 10.6. The molecule has 1 aromatic heterocycles. The lowest BCUT2D eigenvalue weighted by molar-refractivity contribution is -0.122. The van der Waals surface area contributed by atoms with Crippen molar-refractivity contribution in [3.05, 3.63) is 42.4 Å². The predicted octanol–water partition coefficient (Wildman–Crippen LogP) is 3.83. The third kappa shape index (κ3) is 4.72. The van der Waals surface area contributed by atoms with Gasteiger partial charge in [-0.1, -0.05) is 44.2 Å². The zero-order valence-corrected chi connectivity index (χ0v) is 13.5. The second-order valence-corrected chi connectivity index (χ2v) is 5.94. The minimum Gasteiger partial charge on any atom is -0.441 e. The Balaban J connectivity index is 1.78. The average molecular weight is 300 g/mol. The van der Waals surface area contributed by atoms with Gasteiger partial charge in [0.15, 0.2) is 11.7 Å². The van der Waals surface area contributed by atoms with Gasteiger partial charge < -0.3 is 9.73 Å². The van der Waals surface area contributed by atoms with E-state index in [0.29, 0.717) is 24.7 Å². The lowest BCUT2D eigenvalue weighted by atomic mass is 10.1. The van der Waals surface area contributed by atoms with Crippen LogP contribution in [0.15, 0.2) is 40.9 Å². The highest BCUT2D eigenvalue weighted by Crippen LogP contribution is 2.20. The highest BCUT2D eigenvalue weighted by Gasteiger charge is 2.11. The number of carbonyl (C=O) groups excluding carboxylic acids is 1. The van der Waals surface area contributed by atoms with Crippen molar-refractivity contribution < 1.29 is 9.21 Å². The van der Waals surface area contributed by atoms with Crippen molar-refractivity contribution >= 4 is 5.91 Å². The Hall–Kier alpha value is -2.10.